The van der Waals surface area contributed by atoms with Crippen molar-refractivity contribution in [2.45, 2.75) is 0 Å². The Labute approximate surface area is 132 Å². The zero-order valence-electron chi connectivity index (χ0n) is 11.4. The molecule has 0 aliphatic rings. The molecule has 0 saturated carbocycles. The van der Waals surface area contributed by atoms with E-state index in [9.17, 15) is 14.0 Å². The number of carbonyl (C=O) groups excluding carboxylic acids is 2. The Kier molecular flexibility index (Phi) is 4.92. The standard InChI is InChI=1S/C17H11ClFNO2/c1-2-11-20(17(22)12-7-4-3-5-8-12)14-10-6-9-13(15(14)19)16(18)21/h1,3-10H,11H2. The van der Waals surface area contributed by atoms with Gasteiger partial charge in [-0.15, -0.1) is 6.42 Å². The first-order chi connectivity index (χ1) is 10.6. The largest absolute Gasteiger partial charge is 0.294 e. The highest BCUT2D eigenvalue weighted by atomic mass is 35.5. The van der Waals surface area contributed by atoms with E-state index in [1.54, 1.807) is 30.3 Å². The van der Waals surface area contributed by atoms with Gasteiger partial charge >= 0.3 is 0 Å². The van der Waals surface area contributed by atoms with Crippen LogP contribution in [0.15, 0.2) is 48.5 Å². The van der Waals surface area contributed by atoms with Crippen molar-refractivity contribution >= 4 is 28.4 Å². The molecule has 2 aromatic rings. The van der Waals surface area contributed by atoms with E-state index < -0.39 is 17.0 Å². The summed E-state index contributed by atoms with van der Waals surface area (Å²) in [5, 5.41) is -0.938. The predicted molar refractivity (Wildman–Crippen MR) is 83.5 cm³/mol. The van der Waals surface area contributed by atoms with E-state index in [1.807, 2.05) is 0 Å². The Balaban J connectivity index is 2.50. The fraction of sp³-hybridized carbons (Fsp3) is 0.0588. The van der Waals surface area contributed by atoms with Gasteiger partial charge in [0, 0.05) is 5.56 Å². The summed E-state index contributed by atoms with van der Waals surface area (Å²) in [5.41, 5.74) is -0.0277. The third kappa shape index (κ3) is 3.16. The van der Waals surface area contributed by atoms with Crippen molar-refractivity contribution in [2.24, 2.45) is 0 Å². The monoisotopic (exact) mass is 315 g/mol. The third-order valence-electron chi connectivity index (χ3n) is 3.00. The summed E-state index contributed by atoms with van der Waals surface area (Å²) in [6.45, 7) is -0.134. The van der Waals surface area contributed by atoms with Crippen LogP contribution >= 0.6 is 11.6 Å². The average molecular weight is 316 g/mol. The zero-order valence-corrected chi connectivity index (χ0v) is 12.2. The van der Waals surface area contributed by atoms with E-state index in [2.05, 4.69) is 5.92 Å². The minimum atomic E-state index is -0.938. The molecule has 0 saturated heterocycles. The second kappa shape index (κ2) is 6.88. The van der Waals surface area contributed by atoms with E-state index >= 15 is 0 Å². The summed E-state index contributed by atoms with van der Waals surface area (Å²) < 4.78 is 14.4. The van der Waals surface area contributed by atoms with Gasteiger partial charge < -0.3 is 0 Å². The molecule has 0 aliphatic heterocycles. The van der Waals surface area contributed by atoms with Gasteiger partial charge in [0.25, 0.3) is 11.1 Å². The molecule has 3 nitrogen and oxygen atoms in total. The molecule has 2 aromatic carbocycles. The quantitative estimate of drug-likeness (QED) is 0.640. The number of carbonyl (C=O) groups is 2. The molecule has 110 valence electrons. The summed E-state index contributed by atoms with van der Waals surface area (Å²) in [5.74, 6) is 0.979. The number of amides is 1. The van der Waals surface area contributed by atoms with Crippen molar-refractivity contribution in [1.82, 2.24) is 0 Å². The number of rotatable bonds is 4. The van der Waals surface area contributed by atoms with Crippen molar-refractivity contribution in [3.05, 3.63) is 65.5 Å². The lowest BCUT2D eigenvalue weighted by Crippen LogP contribution is -2.32. The van der Waals surface area contributed by atoms with E-state index in [0.29, 0.717) is 5.56 Å². The Bertz CT molecular complexity index is 753. The van der Waals surface area contributed by atoms with Crippen LogP contribution in [0.3, 0.4) is 0 Å². The summed E-state index contributed by atoms with van der Waals surface area (Å²) >= 11 is 5.34. The van der Waals surface area contributed by atoms with Gasteiger partial charge in [-0.3, -0.25) is 14.5 Å². The van der Waals surface area contributed by atoms with Crippen LogP contribution in [0.25, 0.3) is 0 Å². The number of halogens is 2. The van der Waals surface area contributed by atoms with Crippen LogP contribution in [-0.2, 0) is 0 Å². The van der Waals surface area contributed by atoms with Crippen molar-refractivity contribution < 1.29 is 14.0 Å². The normalized spacial score (nSPS) is 9.86. The van der Waals surface area contributed by atoms with Gasteiger partial charge in [0.05, 0.1) is 17.8 Å². The van der Waals surface area contributed by atoms with Crippen LogP contribution in [0.4, 0.5) is 10.1 Å². The number of nitrogens with zero attached hydrogens (tertiary/aromatic N) is 1. The molecule has 0 aromatic heterocycles. The topological polar surface area (TPSA) is 37.4 Å². The van der Waals surface area contributed by atoms with Crippen LogP contribution in [0, 0.1) is 18.2 Å². The third-order valence-corrected chi connectivity index (χ3v) is 3.20. The molecule has 0 unspecified atom stereocenters. The Morgan fingerprint density at radius 1 is 1.14 bits per heavy atom. The van der Waals surface area contributed by atoms with Gasteiger partial charge in [0.1, 0.15) is 0 Å². The second-order valence-electron chi connectivity index (χ2n) is 4.37. The van der Waals surface area contributed by atoms with Gasteiger partial charge in [-0.25, -0.2) is 4.39 Å². The molecule has 0 spiro atoms. The molecule has 0 heterocycles. The van der Waals surface area contributed by atoms with Crippen LogP contribution < -0.4 is 4.90 Å². The molecule has 0 N–H and O–H groups in total. The highest BCUT2D eigenvalue weighted by molar-refractivity contribution is 6.67. The van der Waals surface area contributed by atoms with Gasteiger partial charge in [-0.05, 0) is 35.9 Å². The van der Waals surface area contributed by atoms with Gasteiger partial charge in [-0.1, -0.05) is 30.2 Å². The molecular formula is C17H11ClFNO2. The van der Waals surface area contributed by atoms with Crippen molar-refractivity contribution in [1.29, 1.82) is 0 Å². The van der Waals surface area contributed by atoms with Crippen molar-refractivity contribution in [3.63, 3.8) is 0 Å². The van der Waals surface area contributed by atoms with E-state index in [-0.39, 0.29) is 17.8 Å². The molecular weight excluding hydrogens is 305 g/mol. The summed E-state index contributed by atoms with van der Waals surface area (Å²) in [7, 11) is 0. The van der Waals surface area contributed by atoms with E-state index in [4.69, 9.17) is 18.0 Å². The van der Waals surface area contributed by atoms with Crippen LogP contribution in [0.2, 0.25) is 0 Å². The van der Waals surface area contributed by atoms with Crippen LogP contribution in [0.1, 0.15) is 20.7 Å². The van der Waals surface area contributed by atoms with E-state index in [1.165, 1.54) is 18.2 Å². The zero-order chi connectivity index (χ0) is 16.1. The summed E-state index contributed by atoms with van der Waals surface area (Å²) in [4.78, 5) is 24.8. The highest BCUT2D eigenvalue weighted by Gasteiger charge is 2.22. The summed E-state index contributed by atoms with van der Waals surface area (Å²) in [6, 6.07) is 12.4. The minimum Gasteiger partial charge on any atom is -0.294 e. The Hall–Kier alpha value is -2.64. The number of anilines is 1. The number of hydrogen-bond acceptors (Lipinski definition) is 2. The van der Waals surface area contributed by atoms with E-state index in [0.717, 1.165) is 4.90 Å². The molecule has 0 atom stereocenters. The molecule has 0 aliphatic carbocycles. The highest BCUT2D eigenvalue weighted by Crippen LogP contribution is 2.25. The maximum absolute atomic E-state index is 14.4. The fourth-order valence-corrected chi connectivity index (χ4v) is 2.12. The lowest BCUT2D eigenvalue weighted by atomic mass is 10.1. The molecule has 0 radical (unpaired) electrons. The molecule has 1 amide bonds. The predicted octanol–water partition coefficient (Wildman–Crippen LogP) is 3.48. The van der Waals surface area contributed by atoms with Crippen molar-refractivity contribution in [3.8, 4) is 12.3 Å². The maximum atomic E-state index is 14.4. The summed E-state index contributed by atoms with van der Waals surface area (Å²) in [6.07, 6.45) is 5.27. The molecule has 2 rings (SSSR count). The number of terminal acetylenes is 1. The molecule has 22 heavy (non-hydrogen) atoms. The lowest BCUT2D eigenvalue weighted by Gasteiger charge is -2.21. The van der Waals surface area contributed by atoms with Crippen molar-refractivity contribution in [2.75, 3.05) is 11.4 Å². The molecule has 5 heteroatoms. The first-order valence-electron chi connectivity index (χ1n) is 6.35. The second-order valence-corrected chi connectivity index (χ2v) is 4.72. The first kappa shape index (κ1) is 15.7. The smallest absolute Gasteiger partial charge is 0.259 e. The SMILES string of the molecule is C#CCN(C(=O)c1ccccc1)c1cccc(C(=O)Cl)c1F. The molecule has 0 fully saturated rings. The van der Waals surface area contributed by atoms with Crippen LogP contribution in [-0.4, -0.2) is 17.7 Å². The lowest BCUT2D eigenvalue weighted by molar-refractivity contribution is 0.0987. The number of hydrogen-bond donors (Lipinski definition) is 0. The Morgan fingerprint density at radius 2 is 1.82 bits per heavy atom. The maximum Gasteiger partial charge on any atom is 0.259 e. The average Bonchev–Trinajstić information content (AvgIpc) is 2.53. The fourth-order valence-electron chi connectivity index (χ4n) is 1.97. The minimum absolute atomic E-state index is 0.0849. The van der Waals surface area contributed by atoms with Crippen LogP contribution in [0.5, 0.6) is 0 Å². The first-order valence-corrected chi connectivity index (χ1v) is 6.72. The Morgan fingerprint density at radius 3 is 2.41 bits per heavy atom. The van der Waals surface area contributed by atoms with Gasteiger partial charge in [-0.2, -0.15) is 0 Å². The molecule has 0 bridgehead atoms. The van der Waals surface area contributed by atoms with Gasteiger partial charge in [0.2, 0.25) is 0 Å². The number of benzene rings is 2. The van der Waals surface area contributed by atoms with Gasteiger partial charge in [0.15, 0.2) is 5.82 Å².